The Morgan fingerprint density at radius 3 is 2.53 bits per heavy atom. The molecule has 0 radical (unpaired) electrons. The number of nitrogen functional groups attached to an aromatic ring is 1. The van der Waals surface area contributed by atoms with Gasteiger partial charge in [-0.1, -0.05) is 29.3 Å². The van der Waals surface area contributed by atoms with Crippen molar-refractivity contribution < 1.29 is 4.39 Å². The lowest BCUT2D eigenvalue weighted by molar-refractivity contribution is 0.632. The van der Waals surface area contributed by atoms with Crippen LogP contribution in [-0.4, -0.2) is 0 Å². The van der Waals surface area contributed by atoms with Crippen LogP contribution in [0.1, 0.15) is 0 Å². The molecular weight excluding hydrogens is 262 g/mol. The first-order chi connectivity index (χ1) is 8.08. The Balaban J connectivity index is 2.35. The van der Waals surface area contributed by atoms with Crippen LogP contribution in [0.5, 0.6) is 0 Å². The predicted octanol–water partition coefficient (Wildman–Crippen LogP) is 4.46. The molecule has 2 nitrogen and oxygen atoms in total. The number of nitrogens with one attached hydrogen (secondary N) is 1. The number of anilines is 3. The van der Waals surface area contributed by atoms with Gasteiger partial charge in [0, 0.05) is 5.02 Å². The van der Waals surface area contributed by atoms with Crippen LogP contribution in [0.2, 0.25) is 10.0 Å². The largest absolute Gasteiger partial charge is 0.397 e. The highest BCUT2D eigenvalue weighted by molar-refractivity contribution is 6.31. The Morgan fingerprint density at radius 1 is 1.06 bits per heavy atom. The Kier molecular flexibility index (Phi) is 3.41. The molecule has 0 fully saturated rings. The van der Waals surface area contributed by atoms with Gasteiger partial charge in [-0.05, 0) is 30.3 Å². The molecule has 3 N–H and O–H groups in total. The minimum atomic E-state index is -0.511. The van der Waals surface area contributed by atoms with Gasteiger partial charge in [-0.2, -0.15) is 0 Å². The van der Waals surface area contributed by atoms with Crippen molar-refractivity contribution in [3.8, 4) is 0 Å². The summed E-state index contributed by atoms with van der Waals surface area (Å²) < 4.78 is 13.6. The molecule has 0 spiro atoms. The van der Waals surface area contributed by atoms with Gasteiger partial charge in [0.2, 0.25) is 0 Å². The van der Waals surface area contributed by atoms with Crippen LogP contribution in [0, 0.1) is 5.82 Å². The van der Waals surface area contributed by atoms with E-state index in [9.17, 15) is 4.39 Å². The smallest absolute Gasteiger partial charge is 0.165 e. The maximum atomic E-state index is 13.6. The third kappa shape index (κ3) is 2.62. The van der Waals surface area contributed by atoms with Crippen LogP contribution < -0.4 is 11.1 Å². The van der Waals surface area contributed by atoms with Gasteiger partial charge in [0.1, 0.15) is 0 Å². The van der Waals surface area contributed by atoms with Gasteiger partial charge in [-0.25, -0.2) is 4.39 Å². The van der Waals surface area contributed by atoms with Gasteiger partial charge in [-0.3, -0.25) is 0 Å². The van der Waals surface area contributed by atoms with Gasteiger partial charge < -0.3 is 11.1 Å². The summed E-state index contributed by atoms with van der Waals surface area (Å²) in [5, 5.41) is 3.45. The summed E-state index contributed by atoms with van der Waals surface area (Å²) in [7, 11) is 0. The van der Waals surface area contributed by atoms with Gasteiger partial charge in [-0.15, -0.1) is 0 Å². The fourth-order valence-electron chi connectivity index (χ4n) is 1.39. The minimum absolute atomic E-state index is 0.0579. The SMILES string of the molecule is Nc1cc(Cl)ccc1Nc1cccc(Cl)c1F. The Hall–Kier alpha value is -1.45. The monoisotopic (exact) mass is 270 g/mol. The number of rotatable bonds is 2. The first-order valence-corrected chi connectivity index (χ1v) is 5.59. The van der Waals surface area contributed by atoms with Gasteiger partial charge in [0.05, 0.1) is 22.1 Å². The van der Waals surface area contributed by atoms with Gasteiger partial charge in [0.25, 0.3) is 0 Å². The fraction of sp³-hybridized carbons (Fsp3) is 0. The minimum Gasteiger partial charge on any atom is -0.397 e. The standard InChI is InChI=1S/C12H9Cl2FN2/c13-7-4-5-10(9(16)6-7)17-11-3-1-2-8(14)12(11)15/h1-6,17H,16H2. The summed E-state index contributed by atoms with van der Waals surface area (Å²) in [6.45, 7) is 0. The van der Waals surface area contributed by atoms with Crippen molar-refractivity contribution in [2.75, 3.05) is 11.1 Å². The van der Waals surface area contributed by atoms with E-state index >= 15 is 0 Å². The average Bonchev–Trinajstić information content (AvgIpc) is 2.28. The molecule has 5 heteroatoms. The second-order valence-electron chi connectivity index (χ2n) is 3.46. The lowest BCUT2D eigenvalue weighted by Gasteiger charge is -2.10. The highest BCUT2D eigenvalue weighted by atomic mass is 35.5. The average molecular weight is 271 g/mol. The summed E-state index contributed by atoms with van der Waals surface area (Å²) in [6, 6.07) is 9.65. The van der Waals surface area contributed by atoms with Crippen molar-refractivity contribution >= 4 is 40.3 Å². The Labute approximate surface area is 108 Å². The maximum Gasteiger partial charge on any atom is 0.165 e. The van der Waals surface area contributed by atoms with Crippen LogP contribution in [0.4, 0.5) is 21.5 Å². The summed E-state index contributed by atoms with van der Waals surface area (Å²) in [5.74, 6) is -0.511. The number of benzene rings is 2. The van der Waals surface area contributed by atoms with E-state index in [1.165, 1.54) is 6.07 Å². The van der Waals surface area contributed by atoms with E-state index in [0.717, 1.165) is 0 Å². The van der Waals surface area contributed by atoms with Gasteiger partial charge in [0.15, 0.2) is 5.82 Å². The summed E-state index contributed by atoms with van der Waals surface area (Å²) in [4.78, 5) is 0. The highest BCUT2D eigenvalue weighted by Gasteiger charge is 2.07. The number of hydrogen-bond acceptors (Lipinski definition) is 2. The molecule has 17 heavy (non-hydrogen) atoms. The van der Waals surface area contributed by atoms with E-state index in [2.05, 4.69) is 5.32 Å². The van der Waals surface area contributed by atoms with E-state index in [-0.39, 0.29) is 10.7 Å². The first kappa shape index (κ1) is 12.0. The molecule has 2 aromatic rings. The molecule has 0 aromatic heterocycles. The van der Waals surface area contributed by atoms with Crippen molar-refractivity contribution in [3.05, 3.63) is 52.3 Å². The predicted molar refractivity (Wildman–Crippen MR) is 70.6 cm³/mol. The summed E-state index contributed by atoms with van der Waals surface area (Å²) in [6.07, 6.45) is 0. The molecule has 0 bridgehead atoms. The van der Waals surface area contributed by atoms with Crippen molar-refractivity contribution in [1.29, 1.82) is 0 Å². The third-order valence-corrected chi connectivity index (χ3v) is 2.76. The van der Waals surface area contributed by atoms with Crippen LogP contribution in [-0.2, 0) is 0 Å². The number of hydrogen-bond donors (Lipinski definition) is 2. The molecule has 0 aliphatic rings. The second kappa shape index (κ2) is 4.82. The molecule has 88 valence electrons. The Bertz CT molecular complexity index is 558. The van der Waals surface area contributed by atoms with Crippen LogP contribution >= 0.6 is 23.2 Å². The van der Waals surface area contributed by atoms with Crippen LogP contribution in [0.15, 0.2) is 36.4 Å². The molecule has 0 saturated carbocycles. The number of nitrogens with two attached hydrogens (primary N) is 1. The van der Waals surface area contributed by atoms with E-state index in [0.29, 0.717) is 16.4 Å². The number of halogens is 3. The zero-order chi connectivity index (χ0) is 12.4. The molecule has 2 aromatic carbocycles. The molecular formula is C12H9Cl2FN2. The van der Waals surface area contributed by atoms with Crippen molar-refractivity contribution in [2.24, 2.45) is 0 Å². The maximum absolute atomic E-state index is 13.6. The van der Waals surface area contributed by atoms with E-state index in [1.54, 1.807) is 30.3 Å². The molecule has 0 saturated heterocycles. The van der Waals surface area contributed by atoms with Crippen molar-refractivity contribution in [2.45, 2.75) is 0 Å². The lowest BCUT2D eigenvalue weighted by atomic mass is 10.2. The molecule has 0 heterocycles. The van der Waals surface area contributed by atoms with Gasteiger partial charge >= 0.3 is 0 Å². The zero-order valence-electron chi connectivity index (χ0n) is 8.68. The normalized spacial score (nSPS) is 10.3. The summed E-state index contributed by atoms with van der Waals surface area (Å²) >= 11 is 11.5. The Morgan fingerprint density at radius 2 is 1.82 bits per heavy atom. The highest BCUT2D eigenvalue weighted by Crippen LogP contribution is 2.29. The molecule has 0 unspecified atom stereocenters. The van der Waals surface area contributed by atoms with Crippen molar-refractivity contribution in [3.63, 3.8) is 0 Å². The van der Waals surface area contributed by atoms with Crippen molar-refractivity contribution in [1.82, 2.24) is 0 Å². The zero-order valence-corrected chi connectivity index (χ0v) is 10.2. The first-order valence-electron chi connectivity index (χ1n) is 4.84. The third-order valence-electron chi connectivity index (χ3n) is 2.23. The van der Waals surface area contributed by atoms with E-state index in [1.807, 2.05) is 0 Å². The molecule has 0 aliphatic carbocycles. The molecule has 0 aliphatic heterocycles. The quantitative estimate of drug-likeness (QED) is 0.791. The molecule has 0 atom stereocenters. The van der Waals surface area contributed by atoms with Crippen LogP contribution in [0.3, 0.4) is 0 Å². The topological polar surface area (TPSA) is 38.0 Å². The summed E-state index contributed by atoms with van der Waals surface area (Å²) in [5.41, 5.74) is 7.05. The molecule has 2 rings (SSSR count). The van der Waals surface area contributed by atoms with Crippen LogP contribution in [0.25, 0.3) is 0 Å². The van der Waals surface area contributed by atoms with E-state index < -0.39 is 5.82 Å². The lowest BCUT2D eigenvalue weighted by Crippen LogP contribution is -1.98. The second-order valence-corrected chi connectivity index (χ2v) is 4.30. The molecule has 0 amide bonds. The van der Waals surface area contributed by atoms with E-state index in [4.69, 9.17) is 28.9 Å². The fourth-order valence-corrected chi connectivity index (χ4v) is 1.75.